The van der Waals surface area contributed by atoms with Gasteiger partial charge in [0.15, 0.2) is 5.82 Å². The van der Waals surface area contributed by atoms with E-state index in [4.69, 9.17) is 14.2 Å². The third-order valence-electron chi connectivity index (χ3n) is 7.92. The molecule has 1 fully saturated rings. The molecule has 4 rings (SSSR count). The number of hydrogen-bond acceptors (Lipinski definition) is 8. The number of nitrogens with zero attached hydrogens (tertiary/aromatic N) is 5. The highest BCUT2D eigenvalue weighted by Gasteiger charge is 2.36. The summed E-state index contributed by atoms with van der Waals surface area (Å²) in [6.45, 7) is 15.2. The highest BCUT2D eigenvalue weighted by Crippen LogP contribution is 2.34. The van der Waals surface area contributed by atoms with E-state index in [9.17, 15) is 9.59 Å². The van der Waals surface area contributed by atoms with Gasteiger partial charge < -0.3 is 19.1 Å². The van der Waals surface area contributed by atoms with Crippen LogP contribution in [-0.4, -0.2) is 68.6 Å². The summed E-state index contributed by atoms with van der Waals surface area (Å²) in [7, 11) is 1.64. The third kappa shape index (κ3) is 9.52. The number of hydrogen-bond donors (Lipinski definition) is 0. The standard InChI is InChI=1S/C35H49N5O5/c1-9-10-29(32(41)44-34(2,3)4)30(31-36-37-38-40(31)22-25-13-17-28(43-8)18-14-25)21-24-11-15-26(16-12-24)27-19-20-39(23-27)33(42)45-35(5,6)7/h11-18,27,29-30H,9-10,19-23H2,1-8H3/t27?,29-,30-/m0/s1. The average molecular weight is 620 g/mol. The van der Waals surface area contributed by atoms with E-state index in [1.54, 1.807) is 16.7 Å². The minimum absolute atomic E-state index is 0.238. The molecule has 0 spiro atoms. The molecule has 0 radical (unpaired) electrons. The monoisotopic (exact) mass is 619 g/mol. The Morgan fingerprint density at radius 1 is 0.933 bits per heavy atom. The first-order chi connectivity index (χ1) is 21.3. The van der Waals surface area contributed by atoms with Crippen molar-refractivity contribution in [3.05, 3.63) is 71.0 Å². The lowest BCUT2D eigenvalue weighted by atomic mass is 9.82. The van der Waals surface area contributed by atoms with E-state index in [0.717, 1.165) is 29.7 Å². The molecule has 45 heavy (non-hydrogen) atoms. The summed E-state index contributed by atoms with van der Waals surface area (Å²) in [4.78, 5) is 28.0. The number of amides is 1. The van der Waals surface area contributed by atoms with Gasteiger partial charge in [-0.05, 0) is 100 Å². The lowest BCUT2D eigenvalue weighted by Gasteiger charge is -2.29. The number of esters is 1. The SMILES string of the molecule is CCC[C@H](C(=O)OC(C)(C)C)[C@H](Cc1ccc(C2CCN(C(=O)OC(C)(C)C)C2)cc1)c1nnnn1Cc1ccc(OC)cc1. The number of benzene rings is 2. The van der Waals surface area contributed by atoms with E-state index < -0.39 is 17.1 Å². The molecule has 0 N–H and O–H groups in total. The van der Waals surface area contributed by atoms with E-state index in [1.807, 2.05) is 65.8 Å². The number of rotatable bonds is 11. The van der Waals surface area contributed by atoms with Crippen LogP contribution in [-0.2, 0) is 27.2 Å². The highest BCUT2D eigenvalue weighted by molar-refractivity contribution is 5.74. The van der Waals surface area contributed by atoms with E-state index in [1.165, 1.54) is 5.56 Å². The van der Waals surface area contributed by atoms with Gasteiger partial charge in [-0.3, -0.25) is 4.79 Å². The molecule has 10 heteroatoms. The summed E-state index contributed by atoms with van der Waals surface area (Å²) in [5.41, 5.74) is 2.15. The fraction of sp³-hybridized carbons (Fsp3) is 0.571. The molecule has 3 atom stereocenters. The Hall–Kier alpha value is -3.95. The fourth-order valence-electron chi connectivity index (χ4n) is 5.78. The van der Waals surface area contributed by atoms with Gasteiger partial charge in [0.25, 0.3) is 0 Å². The van der Waals surface area contributed by atoms with Crippen molar-refractivity contribution in [3.8, 4) is 5.75 Å². The first-order valence-corrected chi connectivity index (χ1v) is 15.9. The molecule has 244 valence electrons. The van der Waals surface area contributed by atoms with Crippen LogP contribution in [0.1, 0.15) is 102 Å². The number of methoxy groups -OCH3 is 1. The summed E-state index contributed by atoms with van der Waals surface area (Å²) in [5.74, 6) is 0.717. The van der Waals surface area contributed by atoms with Crippen molar-refractivity contribution < 1.29 is 23.8 Å². The van der Waals surface area contributed by atoms with Gasteiger partial charge in [-0.15, -0.1) is 5.10 Å². The quantitative estimate of drug-likeness (QED) is 0.223. The molecule has 1 aromatic heterocycles. The molecule has 0 bridgehead atoms. The van der Waals surface area contributed by atoms with Gasteiger partial charge in [-0.1, -0.05) is 49.7 Å². The summed E-state index contributed by atoms with van der Waals surface area (Å²) >= 11 is 0. The largest absolute Gasteiger partial charge is 0.497 e. The predicted octanol–water partition coefficient (Wildman–Crippen LogP) is 6.54. The van der Waals surface area contributed by atoms with Gasteiger partial charge in [-0.25, -0.2) is 9.48 Å². The number of carbonyl (C=O) groups is 2. The van der Waals surface area contributed by atoms with Gasteiger partial charge in [0.1, 0.15) is 17.0 Å². The minimum atomic E-state index is -0.612. The zero-order chi connectivity index (χ0) is 32.8. The van der Waals surface area contributed by atoms with Crippen LogP contribution >= 0.6 is 0 Å². The Kier molecular flexibility index (Phi) is 10.9. The zero-order valence-electron chi connectivity index (χ0n) is 28.1. The molecule has 1 aliphatic heterocycles. The lowest BCUT2D eigenvalue weighted by Crippen LogP contribution is -2.35. The second-order valence-electron chi connectivity index (χ2n) is 13.9. The van der Waals surface area contributed by atoms with Gasteiger partial charge in [-0.2, -0.15) is 0 Å². The first-order valence-electron chi connectivity index (χ1n) is 15.9. The normalized spacial score (nSPS) is 16.7. The second kappa shape index (κ2) is 14.4. The predicted molar refractivity (Wildman–Crippen MR) is 172 cm³/mol. The third-order valence-corrected chi connectivity index (χ3v) is 7.92. The highest BCUT2D eigenvalue weighted by atomic mass is 16.6. The Balaban J connectivity index is 1.58. The van der Waals surface area contributed by atoms with Crippen molar-refractivity contribution in [2.75, 3.05) is 20.2 Å². The molecular formula is C35H49N5O5. The van der Waals surface area contributed by atoms with Crippen molar-refractivity contribution in [2.45, 2.75) is 104 Å². The van der Waals surface area contributed by atoms with Crippen LogP contribution in [0.15, 0.2) is 48.5 Å². The van der Waals surface area contributed by atoms with Crippen LogP contribution in [0.25, 0.3) is 0 Å². The van der Waals surface area contributed by atoms with E-state index in [2.05, 4.69) is 46.7 Å². The number of aromatic nitrogens is 4. The maximum atomic E-state index is 13.7. The fourth-order valence-corrected chi connectivity index (χ4v) is 5.78. The Bertz CT molecular complexity index is 1410. The average Bonchev–Trinajstić information content (AvgIpc) is 3.64. The Morgan fingerprint density at radius 3 is 2.18 bits per heavy atom. The molecular weight excluding hydrogens is 570 g/mol. The smallest absolute Gasteiger partial charge is 0.410 e. The maximum absolute atomic E-state index is 13.7. The summed E-state index contributed by atoms with van der Waals surface area (Å²) in [6, 6.07) is 16.3. The van der Waals surface area contributed by atoms with Gasteiger partial charge in [0, 0.05) is 24.9 Å². The van der Waals surface area contributed by atoms with Crippen LogP contribution in [0.5, 0.6) is 5.75 Å². The topological polar surface area (TPSA) is 109 Å². The van der Waals surface area contributed by atoms with E-state index >= 15 is 0 Å². The second-order valence-corrected chi connectivity index (χ2v) is 13.9. The van der Waals surface area contributed by atoms with Gasteiger partial charge in [0.2, 0.25) is 0 Å². The zero-order valence-corrected chi connectivity index (χ0v) is 28.1. The van der Waals surface area contributed by atoms with Crippen LogP contribution < -0.4 is 4.74 Å². The van der Waals surface area contributed by atoms with Crippen molar-refractivity contribution in [3.63, 3.8) is 0 Å². The van der Waals surface area contributed by atoms with Crippen molar-refractivity contribution in [2.24, 2.45) is 5.92 Å². The van der Waals surface area contributed by atoms with E-state index in [0.29, 0.717) is 38.3 Å². The molecule has 2 aromatic carbocycles. The number of likely N-dealkylation sites (tertiary alicyclic amines) is 1. The summed E-state index contributed by atoms with van der Waals surface area (Å²) < 4.78 is 18.6. The Labute approximate surface area is 267 Å². The Morgan fingerprint density at radius 2 is 1.58 bits per heavy atom. The van der Waals surface area contributed by atoms with Crippen LogP contribution in [0.4, 0.5) is 4.79 Å². The molecule has 1 unspecified atom stereocenters. The summed E-state index contributed by atoms with van der Waals surface area (Å²) in [6.07, 6.45) is 2.66. The minimum Gasteiger partial charge on any atom is -0.497 e. The molecule has 0 aliphatic carbocycles. The van der Waals surface area contributed by atoms with Crippen molar-refractivity contribution >= 4 is 12.1 Å². The molecule has 10 nitrogen and oxygen atoms in total. The molecule has 1 amide bonds. The van der Waals surface area contributed by atoms with Gasteiger partial charge >= 0.3 is 12.1 Å². The van der Waals surface area contributed by atoms with Crippen molar-refractivity contribution in [1.29, 1.82) is 0 Å². The van der Waals surface area contributed by atoms with Crippen molar-refractivity contribution in [1.82, 2.24) is 25.1 Å². The number of tetrazole rings is 1. The van der Waals surface area contributed by atoms with Crippen LogP contribution in [0.2, 0.25) is 0 Å². The van der Waals surface area contributed by atoms with E-state index in [-0.39, 0.29) is 23.9 Å². The molecule has 0 saturated carbocycles. The lowest BCUT2D eigenvalue weighted by molar-refractivity contribution is -0.161. The first kappa shape index (κ1) is 33.9. The van der Waals surface area contributed by atoms with Crippen LogP contribution in [0, 0.1) is 5.92 Å². The molecule has 1 saturated heterocycles. The summed E-state index contributed by atoms with van der Waals surface area (Å²) in [5, 5.41) is 12.9. The number of ether oxygens (including phenoxy) is 3. The molecule has 2 heterocycles. The van der Waals surface area contributed by atoms with Crippen LogP contribution in [0.3, 0.4) is 0 Å². The molecule has 1 aliphatic rings. The number of carbonyl (C=O) groups excluding carboxylic acids is 2. The maximum Gasteiger partial charge on any atom is 0.410 e. The van der Waals surface area contributed by atoms with Gasteiger partial charge in [0.05, 0.1) is 19.6 Å². The molecule has 3 aromatic rings.